The number of anilines is 1. The van der Waals surface area contributed by atoms with Crippen molar-refractivity contribution in [1.29, 1.82) is 0 Å². The van der Waals surface area contributed by atoms with Crippen LogP contribution in [-0.4, -0.2) is 55.7 Å². The highest BCUT2D eigenvalue weighted by atomic mass is 15.3. The van der Waals surface area contributed by atoms with Crippen LogP contribution in [0, 0.1) is 0 Å². The van der Waals surface area contributed by atoms with E-state index in [1.165, 1.54) is 5.69 Å². The molecule has 0 saturated carbocycles. The zero-order valence-electron chi connectivity index (χ0n) is 14.8. The normalized spacial score (nSPS) is 17.3. The second-order valence-electron chi connectivity index (χ2n) is 7.16. The van der Waals surface area contributed by atoms with Gasteiger partial charge in [-0.2, -0.15) is 0 Å². The zero-order valence-corrected chi connectivity index (χ0v) is 14.8. The third-order valence-corrected chi connectivity index (χ3v) is 3.91. The average molecular weight is 317 g/mol. The van der Waals surface area contributed by atoms with Gasteiger partial charge >= 0.3 is 0 Å². The molecule has 128 valence electrons. The minimum atomic E-state index is -0.0264. The van der Waals surface area contributed by atoms with Crippen molar-refractivity contribution in [3.63, 3.8) is 0 Å². The van der Waals surface area contributed by atoms with Gasteiger partial charge in [-0.1, -0.05) is 18.2 Å². The molecule has 2 rings (SSSR count). The first-order valence-electron chi connectivity index (χ1n) is 8.54. The van der Waals surface area contributed by atoms with Crippen LogP contribution in [0.25, 0.3) is 0 Å². The predicted molar refractivity (Wildman–Crippen MR) is 99.1 cm³/mol. The summed E-state index contributed by atoms with van der Waals surface area (Å²) in [4.78, 5) is 9.38. The molecule has 1 aromatic rings. The SMILES string of the molecule is CC(C)(C)NC(N)=NCCCN1CCN(c2ccccc2)CC1. The van der Waals surface area contributed by atoms with Crippen molar-refractivity contribution in [1.82, 2.24) is 10.2 Å². The Morgan fingerprint density at radius 3 is 2.39 bits per heavy atom. The molecular formula is C18H31N5. The number of nitrogens with one attached hydrogen (secondary N) is 1. The van der Waals surface area contributed by atoms with Gasteiger partial charge in [0, 0.05) is 50.5 Å². The van der Waals surface area contributed by atoms with Crippen LogP contribution in [-0.2, 0) is 0 Å². The van der Waals surface area contributed by atoms with E-state index in [0.717, 1.165) is 45.7 Å². The second-order valence-corrected chi connectivity index (χ2v) is 7.16. The number of aliphatic imine (C=N–C) groups is 1. The standard InChI is InChI=1S/C18H31N5/c1-18(2,3)21-17(19)20-10-7-11-22-12-14-23(15-13-22)16-8-5-4-6-9-16/h4-6,8-9H,7,10-15H2,1-3H3,(H3,19,20,21). The van der Waals surface area contributed by atoms with Gasteiger partial charge < -0.3 is 16.0 Å². The van der Waals surface area contributed by atoms with Crippen LogP contribution < -0.4 is 16.0 Å². The van der Waals surface area contributed by atoms with E-state index >= 15 is 0 Å². The fourth-order valence-corrected chi connectivity index (χ4v) is 2.79. The number of benzene rings is 1. The lowest BCUT2D eigenvalue weighted by atomic mass is 10.1. The first-order valence-corrected chi connectivity index (χ1v) is 8.54. The number of guanidine groups is 1. The van der Waals surface area contributed by atoms with Gasteiger partial charge in [0.1, 0.15) is 0 Å². The molecule has 1 heterocycles. The first kappa shape index (κ1) is 17.6. The molecule has 0 aromatic heterocycles. The molecule has 5 nitrogen and oxygen atoms in total. The Morgan fingerprint density at radius 2 is 1.78 bits per heavy atom. The number of rotatable bonds is 5. The molecule has 23 heavy (non-hydrogen) atoms. The maximum atomic E-state index is 5.88. The summed E-state index contributed by atoms with van der Waals surface area (Å²) in [6.45, 7) is 12.6. The molecule has 1 aliphatic rings. The lowest BCUT2D eigenvalue weighted by Gasteiger charge is -2.36. The molecule has 1 aliphatic heterocycles. The smallest absolute Gasteiger partial charge is 0.188 e. The molecule has 1 aromatic carbocycles. The molecule has 0 unspecified atom stereocenters. The van der Waals surface area contributed by atoms with Crippen molar-refractivity contribution < 1.29 is 0 Å². The Balaban J connectivity index is 1.64. The number of piperazine rings is 1. The van der Waals surface area contributed by atoms with Crippen LogP contribution in [0.2, 0.25) is 0 Å². The fourth-order valence-electron chi connectivity index (χ4n) is 2.79. The van der Waals surface area contributed by atoms with E-state index in [-0.39, 0.29) is 5.54 Å². The summed E-state index contributed by atoms with van der Waals surface area (Å²) in [6.07, 6.45) is 1.05. The van der Waals surface area contributed by atoms with E-state index in [1.807, 2.05) is 0 Å². The quantitative estimate of drug-likeness (QED) is 0.495. The Labute approximate surface area is 140 Å². The van der Waals surface area contributed by atoms with Crippen molar-refractivity contribution in [3.8, 4) is 0 Å². The van der Waals surface area contributed by atoms with Crippen LogP contribution >= 0.6 is 0 Å². The summed E-state index contributed by atoms with van der Waals surface area (Å²) < 4.78 is 0. The van der Waals surface area contributed by atoms with Crippen LogP contribution in [0.4, 0.5) is 5.69 Å². The Morgan fingerprint density at radius 1 is 1.13 bits per heavy atom. The summed E-state index contributed by atoms with van der Waals surface area (Å²) in [7, 11) is 0. The van der Waals surface area contributed by atoms with Crippen LogP contribution in [0.15, 0.2) is 35.3 Å². The largest absolute Gasteiger partial charge is 0.370 e. The highest BCUT2D eigenvalue weighted by Crippen LogP contribution is 2.15. The number of para-hydroxylation sites is 1. The topological polar surface area (TPSA) is 56.9 Å². The Bertz CT molecular complexity index is 484. The van der Waals surface area contributed by atoms with Gasteiger partial charge in [0.15, 0.2) is 5.96 Å². The van der Waals surface area contributed by atoms with Crippen molar-refractivity contribution in [2.24, 2.45) is 10.7 Å². The van der Waals surface area contributed by atoms with E-state index in [9.17, 15) is 0 Å². The molecule has 0 radical (unpaired) electrons. The van der Waals surface area contributed by atoms with Crippen molar-refractivity contribution >= 4 is 11.6 Å². The minimum absolute atomic E-state index is 0.0264. The molecule has 3 N–H and O–H groups in total. The van der Waals surface area contributed by atoms with E-state index in [1.54, 1.807) is 0 Å². The van der Waals surface area contributed by atoms with Gasteiger partial charge in [-0.3, -0.25) is 9.89 Å². The maximum Gasteiger partial charge on any atom is 0.188 e. The second kappa shape index (κ2) is 8.20. The van der Waals surface area contributed by atoms with E-state index in [0.29, 0.717) is 5.96 Å². The average Bonchev–Trinajstić information content (AvgIpc) is 2.51. The highest BCUT2D eigenvalue weighted by Gasteiger charge is 2.16. The van der Waals surface area contributed by atoms with Gasteiger partial charge in [-0.25, -0.2) is 0 Å². The summed E-state index contributed by atoms with van der Waals surface area (Å²) in [5, 5.41) is 3.19. The molecule has 0 amide bonds. The maximum absolute atomic E-state index is 5.88. The Kier molecular flexibility index (Phi) is 6.28. The third-order valence-electron chi connectivity index (χ3n) is 3.91. The van der Waals surface area contributed by atoms with Crippen molar-refractivity contribution in [2.75, 3.05) is 44.2 Å². The van der Waals surface area contributed by atoms with E-state index in [4.69, 9.17) is 5.73 Å². The molecule has 0 spiro atoms. The van der Waals surface area contributed by atoms with Gasteiger partial charge in [-0.05, 0) is 39.3 Å². The van der Waals surface area contributed by atoms with E-state index in [2.05, 4.69) is 71.2 Å². The molecular weight excluding hydrogens is 286 g/mol. The predicted octanol–water partition coefficient (Wildman–Crippen LogP) is 1.90. The van der Waals surface area contributed by atoms with Gasteiger partial charge in [-0.15, -0.1) is 0 Å². The molecule has 0 aliphatic carbocycles. The zero-order chi connectivity index (χ0) is 16.7. The van der Waals surface area contributed by atoms with Crippen LogP contribution in [0.3, 0.4) is 0 Å². The summed E-state index contributed by atoms with van der Waals surface area (Å²) in [5.74, 6) is 0.548. The fraction of sp³-hybridized carbons (Fsp3) is 0.611. The summed E-state index contributed by atoms with van der Waals surface area (Å²) in [5.41, 5.74) is 7.19. The third kappa shape index (κ3) is 6.48. The number of hydrogen-bond acceptors (Lipinski definition) is 3. The molecule has 5 heteroatoms. The molecule has 0 atom stereocenters. The van der Waals surface area contributed by atoms with E-state index < -0.39 is 0 Å². The first-order chi connectivity index (χ1) is 10.9. The summed E-state index contributed by atoms with van der Waals surface area (Å²) in [6, 6.07) is 10.7. The molecule has 1 saturated heterocycles. The van der Waals surface area contributed by atoms with Crippen LogP contribution in [0.5, 0.6) is 0 Å². The number of nitrogens with zero attached hydrogens (tertiary/aromatic N) is 3. The lowest BCUT2D eigenvalue weighted by molar-refractivity contribution is 0.256. The van der Waals surface area contributed by atoms with Gasteiger partial charge in [0.05, 0.1) is 0 Å². The van der Waals surface area contributed by atoms with Gasteiger partial charge in [0.2, 0.25) is 0 Å². The number of hydrogen-bond donors (Lipinski definition) is 2. The van der Waals surface area contributed by atoms with Crippen molar-refractivity contribution in [2.45, 2.75) is 32.7 Å². The molecule has 1 fully saturated rings. The van der Waals surface area contributed by atoms with Crippen molar-refractivity contribution in [3.05, 3.63) is 30.3 Å². The monoisotopic (exact) mass is 317 g/mol. The van der Waals surface area contributed by atoms with Crippen LogP contribution in [0.1, 0.15) is 27.2 Å². The Hall–Kier alpha value is -1.75. The highest BCUT2D eigenvalue weighted by molar-refractivity contribution is 5.78. The van der Waals surface area contributed by atoms with Gasteiger partial charge in [0.25, 0.3) is 0 Å². The molecule has 0 bridgehead atoms. The number of nitrogens with two attached hydrogens (primary N) is 1. The summed E-state index contributed by atoms with van der Waals surface area (Å²) >= 11 is 0. The lowest BCUT2D eigenvalue weighted by Crippen LogP contribution is -2.47. The minimum Gasteiger partial charge on any atom is -0.370 e.